The minimum atomic E-state index is 0.525. The molecule has 0 unspecified atom stereocenters. The molecule has 0 fully saturated rings. The van der Waals surface area contributed by atoms with Crippen molar-refractivity contribution in [1.29, 1.82) is 0 Å². The molecule has 0 spiro atoms. The van der Waals surface area contributed by atoms with Crippen molar-refractivity contribution < 1.29 is 0 Å². The standard InChI is InChI=1S/C11H17N5/c1-6(2)5-9-10(12)7(3)13-11-14-8(4)15-16(9)11/h6H,5,12H2,1-4H3. The molecule has 0 saturated carbocycles. The van der Waals surface area contributed by atoms with E-state index < -0.39 is 0 Å². The van der Waals surface area contributed by atoms with Crippen LogP contribution in [0.4, 0.5) is 5.69 Å². The van der Waals surface area contributed by atoms with Gasteiger partial charge in [-0.05, 0) is 26.2 Å². The molecule has 0 aliphatic carbocycles. The quantitative estimate of drug-likeness (QED) is 0.831. The summed E-state index contributed by atoms with van der Waals surface area (Å²) in [4.78, 5) is 8.60. The van der Waals surface area contributed by atoms with Crippen LogP contribution in [-0.4, -0.2) is 19.6 Å². The van der Waals surface area contributed by atoms with E-state index in [0.717, 1.165) is 29.3 Å². The van der Waals surface area contributed by atoms with Gasteiger partial charge in [0.25, 0.3) is 5.78 Å². The molecule has 16 heavy (non-hydrogen) atoms. The van der Waals surface area contributed by atoms with E-state index in [1.165, 1.54) is 0 Å². The Balaban J connectivity index is 2.70. The Kier molecular flexibility index (Phi) is 2.53. The van der Waals surface area contributed by atoms with Crippen LogP contribution in [0, 0.1) is 19.8 Å². The number of hydrogen-bond acceptors (Lipinski definition) is 4. The number of hydrogen-bond donors (Lipinski definition) is 1. The minimum Gasteiger partial charge on any atom is -0.396 e. The van der Waals surface area contributed by atoms with E-state index in [4.69, 9.17) is 5.73 Å². The highest BCUT2D eigenvalue weighted by atomic mass is 15.3. The maximum atomic E-state index is 6.06. The number of fused-ring (bicyclic) bond motifs is 1. The summed E-state index contributed by atoms with van der Waals surface area (Å²) in [7, 11) is 0. The van der Waals surface area contributed by atoms with Gasteiger partial charge in [0.15, 0.2) is 0 Å². The van der Waals surface area contributed by atoms with Crippen LogP contribution >= 0.6 is 0 Å². The molecule has 0 aliphatic heterocycles. The number of nitrogen functional groups attached to an aromatic ring is 1. The molecule has 0 radical (unpaired) electrons. The van der Waals surface area contributed by atoms with Gasteiger partial charge in [-0.1, -0.05) is 13.8 Å². The van der Waals surface area contributed by atoms with Gasteiger partial charge >= 0.3 is 0 Å². The Hall–Kier alpha value is -1.65. The Morgan fingerprint density at radius 3 is 2.56 bits per heavy atom. The third kappa shape index (κ3) is 1.73. The SMILES string of the molecule is Cc1nc2nc(C)c(N)c(CC(C)C)n2n1. The molecule has 0 saturated heterocycles. The van der Waals surface area contributed by atoms with Crippen LogP contribution in [0.1, 0.15) is 31.1 Å². The topological polar surface area (TPSA) is 69.1 Å². The fourth-order valence-corrected chi connectivity index (χ4v) is 1.77. The minimum absolute atomic E-state index is 0.525. The zero-order valence-corrected chi connectivity index (χ0v) is 10.2. The van der Waals surface area contributed by atoms with Crippen LogP contribution in [0.25, 0.3) is 5.78 Å². The summed E-state index contributed by atoms with van der Waals surface area (Å²) < 4.78 is 1.76. The Morgan fingerprint density at radius 1 is 1.25 bits per heavy atom. The van der Waals surface area contributed by atoms with Crippen LogP contribution in [0.15, 0.2) is 0 Å². The lowest BCUT2D eigenvalue weighted by Crippen LogP contribution is -2.11. The van der Waals surface area contributed by atoms with Gasteiger partial charge in [0, 0.05) is 0 Å². The molecule has 86 valence electrons. The highest BCUT2D eigenvalue weighted by molar-refractivity contribution is 5.51. The largest absolute Gasteiger partial charge is 0.396 e. The van der Waals surface area contributed by atoms with E-state index in [2.05, 4.69) is 28.9 Å². The van der Waals surface area contributed by atoms with E-state index in [0.29, 0.717) is 11.7 Å². The zero-order valence-electron chi connectivity index (χ0n) is 10.2. The molecule has 5 heteroatoms. The number of aryl methyl sites for hydroxylation is 2. The predicted octanol–water partition coefficient (Wildman–Crippen LogP) is 1.52. The van der Waals surface area contributed by atoms with E-state index in [-0.39, 0.29) is 0 Å². The number of nitrogens with two attached hydrogens (primary N) is 1. The third-order valence-corrected chi connectivity index (χ3v) is 2.52. The molecule has 2 heterocycles. The summed E-state index contributed by atoms with van der Waals surface area (Å²) in [5, 5.41) is 4.33. The lowest BCUT2D eigenvalue weighted by atomic mass is 10.1. The van der Waals surface area contributed by atoms with Crippen molar-refractivity contribution in [1.82, 2.24) is 19.6 Å². The average Bonchev–Trinajstić information content (AvgIpc) is 2.53. The van der Waals surface area contributed by atoms with Crippen molar-refractivity contribution in [3.63, 3.8) is 0 Å². The Bertz CT molecular complexity index is 527. The summed E-state index contributed by atoms with van der Waals surface area (Å²) in [6.45, 7) is 8.08. The van der Waals surface area contributed by atoms with Crippen molar-refractivity contribution in [3.8, 4) is 0 Å². The summed E-state index contributed by atoms with van der Waals surface area (Å²) in [6, 6.07) is 0. The van der Waals surface area contributed by atoms with Crippen molar-refractivity contribution in [3.05, 3.63) is 17.2 Å². The maximum Gasteiger partial charge on any atom is 0.253 e. The van der Waals surface area contributed by atoms with Crippen LogP contribution in [-0.2, 0) is 6.42 Å². The number of aromatic nitrogens is 4. The van der Waals surface area contributed by atoms with Gasteiger partial charge in [0.2, 0.25) is 0 Å². The molecular weight excluding hydrogens is 202 g/mol. The maximum absolute atomic E-state index is 6.06. The van der Waals surface area contributed by atoms with Crippen LogP contribution in [0.5, 0.6) is 0 Å². The van der Waals surface area contributed by atoms with Gasteiger partial charge in [0.05, 0.1) is 17.1 Å². The Labute approximate surface area is 94.7 Å². The second-order valence-electron chi connectivity index (χ2n) is 4.53. The van der Waals surface area contributed by atoms with Gasteiger partial charge in [0.1, 0.15) is 5.82 Å². The smallest absolute Gasteiger partial charge is 0.253 e. The lowest BCUT2D eigenvalue weighted by Gasteiger charge is -2.11. The van der Waals surface area contributed by atoms with Gasteiger partial charge < -0.3 is 5.73 Å². The number of anilines is 1. The van der Waals surface area contributed by atoms with Crippen LogP contribution < -0.4 is 5.73 Å². The average molecular weight is 219 g/mol. The molecule has 2 aromatic heterocycles. The first-order valence-electron chi connectivity index (χ1n) is 5.47. The second kappa shape index (κ2) is 3.73. The summed E-state index contributed by atoms with van der Waals surface area (Å²) in [6.07, 6.45) is 0.883. The molecule has 0 amide bonds. The highest BCUT2D eigenvalue weighted by Gasteiger charge is 2.13. The third-order valence-electron chi connectivity index (χ3n) is 2.52. The van der Waals surface area contributed by atoms with E-state index in [9.17, 15) is 0 Å². The first-order chi connectivity index (χ1) is 7.49. The van der Waals surface area contributed by atoms with Crippen molar-refractivity contribution >= 4 is 11.5 Å². The van der Waals surface area contributed by atoms with Gasteiger partial charge in [-0.2, -0.15) is 9.50 Å². The second-order valence-corrected chi connectivity index (χ2v) is 4.53. The van der Waals surface area contributed by atoms with E-state index in [1.54, 1.807) is 4.52 Å². The first kappa shape index (κ1) is 10.9. The number of rotatable bonds is 2. The monoisotopic (exact) mass is 219 g/mol. The predicted molar refractivity (Wildman–Crippen MR) is 63.2 cm³/mol. The van der Waals surface area contributed by atoms with Gasteiger partial charge in [-0.15, -0.1) is 5.10 Å². The molecule has 2 N–H and O–H groups in total. The Morgan fingerprint density at radius 2 is 1.94 bits per heavy atom. The van der Waals surface area contributed by atoms with E-state index in [1.807, 2.05) is 13.8 Å². The first-order valence-corrected chi connectivity index (χ1v) is 5.47. The molecular formula is C11H17N5. The van der Waals surface area contributed by atoms with Gasteiger partial charge in [-0.25, -0.2) is 4.98 Å². The number of nitrogens with zero attached hydrogens (tertiary/aromatic N) is 4. The van der Waals surface area contributed by atoms with Crippen LogP contribution in [0.2, 0.25) is 0 Å². The molecule has 0 aliphatic rings. The van der Waals surface area contributed by atoms with Gasteiger partial charge in [-0.3, -0.25) is 0 Å². The summed E-state index contributed by atoms with van der Waals surface area (Å²) >= 11 is 0. The fourth-order valence-electron chi connectivity index (χ4n) is 1.77. The fraction of sp³-hybridized carbons (Fsp3) is 0.545. The normalized spacial score (nSPS) is 11.6. The lowest BCUT2D eigenvalue weighted by molar-refractivity contribution is 0.619. The van der Waals surface area contributed by atoms with Crippen molar-refractivity contribution in [2.24, 2.45) is 5.92 Å². The molecule has 0 atom stereocenters. The molecule has 2 aromatic rings. The summed E-state index contributed by atoms with van der Waals surface area (Å²) in [5.74, 6) is 1.89. The zero-order chi connectivity index (χ0) is 11.9. The molecule has 0 aromatic carbocycles. The van der Waals surface area contributed by atoms with E-state index >= 15 is 0 Å². The summed E-state index contributed by atoms with van der Waals surface area (Å²) in [5.41, 5.74) is 8.62. The van der Waals surface area contributed by atoms with Crippen molar-refractivity contribution in [2.45, 2.75) is 34.1 Å². The van der Waals surface area contributed by atoms with Crippen LogP contribution in [0.3, 0.4) is 0 Å². The molecule has 5 nitrogen and oxygen atoms in total. The molecule has 2 rings (SSSR count). The highest BCUT2D eigenvalue weighted by Crippen LogP contribution is 2.19. The van der Waals surface area contributed by atoms with Crippen molar-refractivity contribution in [2.75, 3.05) is 5.73 Å². The molecule has 0 bridgehead atoms.